The Morgan fingerprint density at radius 2 is 0.740 bits per heavy atom. The first kappa shape index (κ1) is 68.7. The third kappa shape index (κ3) is 55.3. The second-order valence-electron chi connectivity index (χ2n) is 19.8. The molecule has 0 saturated carbocycles. The summed E-state index contributed by atoms with van der Waals surface area (Å²) in [6.07, 6.45) is 72.9. The number of likely N-dealkylation sites (N-methyl/N-ethyl adjacent to an activating group) is 1. The molecule has 0 heterocycles. The van der Waals surface area contributed by atoms with E-state index in [1.165, 1.54) is 70.6 Å². The summed E-state index contributed by atoms with van der Waals surface area (Å²) < 4.78 is 22.8. The summed E-state index contributed by atoms with van der Waals surface area (Å²) in [5, 5.41) is 9.69. The first-order valence-corrected chi connectivity index (χ1v) is 28.7. The molecule has 9 nitrogen and oxygen atoms in total. The van der Waals surface area contributed by atoms with Crippen molar-refractivity contribution in [2.75, 3.05) is 47.5 Å². The minimum absolute atomic E-state index is 0.175. The van der Waals surface area contributed by atoms with E-state index in [1.807, 2.05) is 21.1 Å². The van der Waals surface area contributed by atoms with Gasteiger partial charge in [0.05, 0.1) is 34.4 Å². The Hall–Kier alpha value is -4.31. The first-order chi connectivity index (χ1) is 35.6. The Morgan fingerprint density at radius 3 is 1.12 bits per heavy atom. The minimum Gasteiger partial charge on any atom is -0.477 e. The molecule has 73 heavy (non-hydrogen) atoms. The normalized spacial score (nSPS) is 13.7. The van der Waals surface area contributed by atoms with E-state index in [0.29, 0.717) is 23.9 Å². The van der Waals surface area contributed by atoms with Crippen LogP contribution in [0.15, 0.2) is 122 Å². The second-order valence-corrected chi connectivity index (χ2v) is 19.8. The number of quaternary nitrogens is 1. The zero-order valence-electron chi connectivity index (χ0n) is 47.0. The third-order valence-corrected chi connectivity index (χ3v) is 11.7. The van der Waals surface area contributed by atoms with Crippen molar-refractivity contribution in [3.8, 4) is 0 Å². The average Bonchev–Trinajstić information content (AvgIpc) is 3.36. The second kappa shape index (κ2) is 54.0. The largest absolute Gasteiger partial charge is 0.477 e. The molecule has 0 aliphatic carbocycles. The van der Waals surface area contributed by atoms with Crippen LogP contribution in [0.3, 0.4) is 0 Å². The number of rotatable bonds is 51. The van der Waals surface area contributed by atoms with Crippen LogP contribution in [0.25, 0.3) is 0 Å². The lowest BCUT2D eigenvalue weighted by Gasteiger charge is -2.25. The van der Waals surface area contributed by atoms with E-state index in [0.717, 1.165) is 96.3 Å². The van der Waals surface area contributed by atoms with Crippen LogP contribution >= 0.6 is 0 Å². The fraction of sp³-hybridized carbons (Fsp3) is 0.641. The van der Waals surface area contributed by atoms with Gasteiger partial charge in [0.25, 0.3) is 6.29 Å². The van der Waals surface area contributed by atoms with Crippen molar-refractivity contribution in [3.05, 3.63) is 122 Å². The molecule has 0 aliphatic rings. The highest BCUT2D eigenvalue weighted by Gasteiger charge is 2.25. The minimum atomic E-state index is -1.53. The van der Waals surface area contributed by atoms with E-state index in [2.05, 4.69) is 135 Å². The van der Waals surface area contributed by atoms with Crippen molar-refractivity contribution in [1.29, 1.82) is 0 Å². The van der Waals surface area contributed by atoms with Gasteiger partial charge in [0.15, 0.2) is 6.10 Å². The molecule has 0 aromatic carbocycles. The maximum absolute atomic E-state index is 12.9. The topological polar surface area (TPSA) is 108 Å². The molecule has 9 heteroatoms. The quantitative estimate of drug-likeness (QED) is 0.0211. The summed E-state index contributed by atoms with van der Waals surface area (Å²) in [7, 11) is 5.94. The number of hydrogen-bond donors (Lipinski definition) is 1. The van der Waals surface area contributed by atoms with Gasteiger partial charge >= 0.3 is 17.9 Å². The van der Waals surface area contributed by atoms with Crippen LogP contribution in [0.2, 0.25) is 0 Å². The summed E-state index contributed by atoms with van der Waals surface area (Å²) in [4.78, 5) is 37.3. The van der Waals surface area contributed by atoms with Gasteiger partial charge in [-0.1, -0.05) is 212 Å². The van der Waals surface area contributed by atoms with Gasteiger partial charge in [0.1, 0.15) is 13.2 Å². The van der Waals surface area contributed by atoms with Crippen LogP contribution in [0.1, 0.15) is 206 Å². The Morgan fingerprint density at radius 1 is 0.411 bits per heavy atom. The zero-order valence-corrected chi connectivity index (χ0v) is 47.0. The molecular weight excluding hydrogens is 911 g/mol. The molecule has 2 atom stereocenters. The molecule has 0 aromatic heterocycles. The fourth-order valence-electron chi connectivity index (χ4n) is 7.36. The lowest BCUT2D eigenvalue weighted by atomic mass is 10.0. The van der Waals surface area contributed by atoms with Gasteiger partial charge in [-0.15, -0.1) is 0 Å². The van der Waals surface area contributed by atoms with Crippen molar-refractivity contribution in [3.63, 3.8) is 0 Å². The van der Waals surface area contributed by atoms with E-state index >= 15 is 0 Å². The third-order valence-electron chi connectivity index (χ3n) is 11.7. The molecule has 0 rings (SSSR count). The molecule has 0 radical (unpaired) electrons. The molecule has 0 bridgehead atoms. The number of unbranched alkanes of at least 4 members (excludes halogenated alkanes) is 16. The van der Waals surface area contributed by atoms with E-state index < -0.39 is 24.3 Å². The SMILES string of the molecule is CC/C=C\C/C=C\C/C=C\C/C=C\C/C=C\C/C=C\CCCCCCCCCCCCCCCCC(=O)OC(COC(=O)CCCC/C=C\C/C=C\C/C=C\C/C=C\CC)COC(OCC[N+](C)(C)C)C(=O)O. The van der Waals surface area contributed by atoms with E-state index in [-0.39, 0.29) is 38.6 Å². The number of hydrogen-bond acceptors (Lipinski definition) is 7. The molecule has 1 N–H and O–H groups in total. The summed E-state index contributed by atoms with van der Waals surface area (Å²) in [6.45, 7) is 4.58. The van der Waals surface area contributed by atoms with Crippen molar-refractivity contribution < 1.29 is 42.9 Å². The Bertz CT molecular complexity index is 1610. The number of aliphatic carboxylic acids is 1. The number of esters is 2. The average molecular weight is 1020 g/mol. The predicted octanol–water partition coefficient (Wildman–Crippen LogP) is 16.9. The number of carboxylic acids is 1. The van der Waals surface area contributed by atoms with Gasteiger partial charge in [-0.3, -0.25) is 9.59 Å². The molecule has 0 aliphatic heterocycles. The van der Waals surface area contributed by atoms with E-state index in [9.17, 15) is 19.5 Å². The van der Waals surface area contributed by atoms with Gasteiger partial charge in [-0.2, -0.15) is 0 Å². The summed E-state index contributed by atoms with van der Waals surface area (Å²) in [6, 6.07) is 0. The number of allylic oxidation sites excluding steroid dienone is 20. The molecule has 0 aromatic rings. The number of carbonyl (C=O) groups excluding carboxylic acids is 2. The van der Waals surface area contributed by atoms with Crippen LogP contribution in [0.4, 0.5) is 0 Å². The van der Waals surface area contributed by atoms with Crippen molar-refractivity contribution in [2.24, 2.45) is 0 Å². The summed E-state index contributed by atoms with van der Waals surface area (Å²) >= 11 is 0. The van der Waals surface area contributed by atoms with Crippen LogP contribution in [-0.2, 0) is 33.3 Å². The molecular formula is C64H106NO8+. The summed E-state index contributed by atoms with van der Waals surface area (Å²) in [5.41, 5.74) is 0. The van der Waals surface area contributed by atoms with Crippen LogP contribution in [0, 0.1) is 0 Å². The summed E-state index contributed by atoms with van der Waals surface area (Å²) in [5.74, 6) is -2.07. The number of nitrogens with zero attached hydrogens (tertiary/aromatic N) is 1. The van der Waals surface area contributed by atoms with Crippen molar-refractivity contribution in [1.82, 2.24) is 0 Å². The molecule has 0 spiro atoms. The highest BCUT2D eigenvalue weighted by Crippen LogP contribution is 2.15. The lowest BCUT2D eigenvalue weighted by molar-refractivity contribution is -0.870. The Kier molecular flexibility index (Phi) is 50.8. The smallest absolute Gasteiger partial charge is 0.361 e. The highest BCUT2D eigenvalue weighted by molar-refractivity contribution is 5.71. The monoisotopic (exact) mass is 1020 g/mol. The Balaban J connectivity index is 4.21. The van der Waals surface area contributed by atoms with Crippen molar-refractivity contribution in [2.45, 2.75) is 219 Å². The molecule has 0 saturated heterocycles. The van der Waals surface area contributed by atoms with Gasteiger partial charge in [-0.25, -0.2) is 4.79 Å². The van der Waals surface area contributed by atoms with Gasteiger partial charge in [0, 0.05) is 12.8 Å². The van der Waals surface area contributed by atoms with Crippen LogP contribution < -0.4 is 0 Å². The van der Waals surface area contributed by atoms with E-state index in [1.54, 1.807) is 0 Å². The maximum Gasteiger partial charge on any atom is 0.361 e. The van der Waals surface area contributed by atoms with Gasteiger partial charge < -0.3 is 28.5 Å². The zero-order chi connectivity index (χ0) is 53.4. The lowest BCUT2D eigenvalue weighted by Crippen LogP contribution is -2.40. The fourth-order valence-corrected chi connectivity index (χ4v) is 7.36. The van der Waals surface area contributed by atoms with Crippen LogP contribution in [0.5, 0.6) is 0 Å². The van der Waals surface area contributed by atoms with Gasteiger partial charge in [-0.05, 0) is 103 Å². The van der Waals surface area contributed by atoms with Gasteiger partial charge in [0.2, 0.25) is 0 Å². The molecule has 2 unspecified atom stereocenters. The number of carbonyl (C=O) groups is 3. The molecule has 0 amide bonds. The highest BCUT2D eigenvalue weighted by atomic mass is 16.7. The molecule has 0 fully saturated rings. The standard InChI is InChI=1S/C64H105NO8/c1-6-8-10-12-14-16-18-20-22-23-24-25-26-27-28-29-30-31-32-33-34-35-36-37-38-39-41-43-45-47-49-51-53-55-62(67)73-60(59-72-64(63(68)69)70-57-56-65(3,4)5)58-71-61(66)54-52-50-48-46-44-42-40-21-19-17-15-13-11-9-7-2/h8-11,14-17,20-22,24-25,27-28,30-31,40,44,46,60,64H,6-7,12-13,18-19,23,26,29,32-39,41-43,45,47-59H2,1-5H3/p+1/b10-8-,11-9-,16-14-,17-15-,22-20-,25-24-,28-27-,31-30-,40-21-,46-44-. The Labute approximate surface area is 447 Å². The number of carboxylic acid groups (broad SMARTS) is 1. The number of ether oxygens (including phenoxy) is 4. The first-order valence-electron chi connectivity index (χ1n) is 28.7. The van der Waals surface area contributed by atoms with E-state index in [4.69, 9.17) is 18.9 Å². The maximum atomic E-state index is 12.9. The predicted molar refractivity (Wildman–Crippen MR) is 308 cm³/mol. The van der Waals surface area contributed by atoms with Crippen LogP contribution in [-0.4, -0.2) is 87.4 Å². The molecule has 414 valence electrons. The van der Waals surface area contributed by atoms with Crippen molar-refractivity contribution >= 4 is 17.9 Å².